The quantitative estimate of drug-likeness (QED) is 0.818. The van der Waals surface area contributed by atoms with E-state index in [9.17, 15) is 14.7 Å². The van der Waals surface area contributed by atoms with Crippen LogP contribution in [0, 0.1) is 5.92 Å². The molecule has 1 aromatic carbocycles. The molecule has 24 heavy (non-hydrogen) atoms. The summed E-state index contributed by atoms with van der Waals surface area (Å²) in [5.74, 6) is -0.112. The van der Waals surface area contributed by atoms with Crippen LogP contribution in [0.5, 0.6) is 0 Å². The number of aliphatic hydroxyl groups excluding tert-OH is 1. The number of benzene rings is 1. The standard InChI is InChI=1S/C18H25N3O3/c1-18(16(23)20(2)17(24)19-18)14-9-6-10-21(11-14)12-15(22)13-7-4-3-5-8-13/h3-5,7-8,14-15,22H,6,9-12H2,1-2H3,(H,19,24)/t14-,15-,18+/m0/s1. The van der Waals surface area contributed by atoms with Crippen molar-refractivity contribution in [1.29, 1.82) is 0 Å². The summed E-state index contributed by atoms with van der Waals surface area (Å²) in [4.78, 5) is 27.6. The Morgan fingerprint density at radius 2 is 2.04 bits per heavy atom. The van der Waals surface area contributed by atoms with Crippen molar-refractivity contribution in [3.8, 4) is 0 Å². The van der Waals surface area contributed by atoms with Crippen molar-refractivity contribution in [2.45, 2.75) is 31.4 Å². The summed E-state index contributed by atoms with van der Waals surface area (Å²) in [5, 5.41) is 13.3. The number of amides is 3. The Labute approximate surface area is 142 Å². The van der Waals surface area contributed by atoms with Crippen molar-refractivity contribution < 1.29 is 14.7 Å². The number of imide groups is 1. The molecule has 0 aromatic heterocycles. The Bertz CT molecular complexity index is 621. The normalized spacial score (nSPS) is 29.6. The molecule has 0 aliphatic carbocycles. The maximum atomic E-state index is 12.5. The Morgan fingerprint density at radius 3 is 2.67 bits per heavy atom. The van der Waals surface area contributed by atoms with E-state index in [2.05, 4.69) is 10.2 Å². The third-order valence-electron chi connectivity index (χ3n) is 5.36. The molecule has 0 bridgehead atoms. The first-order valence-electron chi connectivity index (χ1n) is 8.47. The number of piperidine rings is 1. The van der Waals surface area contributed by atoms with E-state index in [1.54, 1.807) is 0 Å². The summed E-state index contributed by atoms with van der Waals surface area (Å²) in [6.07, 6.45) is 1.30. The lowest BCUT2D eigenvalue weighted by Gasteiger charge is -2.40. The first-order valence-corrected chi connectivity index (χ1v) is 8.47. The topological polar surface area (TPSA) is 72.9 Å². The second kappa shape index (κ2) is 6.53. The molecule has 0 unspecified atom stereocenters. The van der Waals surface area contributed by atoms with Crippen molar-refractivity contribution in [2.75, 3.05) is 26.7 Å². The van der Waals surface area contributed by atoms with Gasteiger partial charge in [0.2, 0.25) is 0 Å². The maximum absolute atomic E-state index is 12.5. The van der Waals surface area contributed by atoms with Crippen LogP contribution < -0.4 is 5.32 Å². The molecule has 6 nitrogen and oxygen atoms in total. The number of carbonyl (C=O) groups excluding carboxylic acids is 2. The van der Waals surface area contributed by atoms with Gasteiger partial charge in [-0.2, -0.15) is 0 Å². The number of hydrogen-bond donors (Lipinski definition) is 2. The van der Waals surface area contributed by atoms with Crippen molar-refractivity contribution >= 4 is 11.9 Å². The van der Waals surface area contributed by atoms with Crippen LogP contribution in [0.3, 0.4) is 0 Å². The number of nitrogens with one attached hydrogen (secondary N) is 1. The Kier molecular flexibility index (Phi) is 4.60. The third kappa shape index (κ3) is 3.03. The number of aliphatic hydroxyl groups is 1. The van der Waals surface area contributed by atoms with Gasteiger partial charge in [-0.15, -0.1) is 0 Å². The van der Waals surface area contributed by atoms with Gasteiger partial charge in [0.05, 0.1) is 6.10 Å². The fourth-order valence-corrected chi connectivity index (χ4v) is 3.79. The molecule has 6 heteroatoms. The zero-order valence-electron chi connectivity index (χ0n) is 14.2. The highest BCUT2D eigenvalue weighted by atomic mass is 16.3. The monoisotopic (exact) mass is 331 g/mol. The molecule has 0 radical (unpaired) electrons. The first-order chi connectivity index (χ1) is 11.4. The fourth-order valence-electron chi connectivity index (χ4n) is 3.79. The molecule has 2 saturated heterocycles. The van der Waals surface area contributed by atoms with E-state index in [0.717, 1.165) is 29.8 Å². The Hall–Kier alpha value is -1.92. The SMILES string of the molecule is CN1C(=O)N[C@](C)([C@H]2CCCN(C[C@H](O)c3ccccc3)C2)C1=O. The van der Waals surface area contributed by atoms with Gasteiger partial charge >= 0.3 is 6.03 Å². The number of carbonyl (C=O) groups is 2. The van der Waals surface area contributed by atoms with Crippen molar-refractivity contribution in [3.63, 3.8) is 0 Å². The molecule has 2 fully saturated rings. The summed E-state index contributed by atoms with van der Waals surface area (Å²) in [6.45, 7) is 3.95. The summed E-state index contributed by atoms with van der Waals surface area (Å²) < 4.78 is 0. The van der Waals surface area contributed by atoms with Gasteiger partial charge in [0.25, 0.3) is 5.91 Å². The summed E-state index contributed by atoms with van der Waals surface area (Å²) in [5.41, 5.74) is 0.0539. The number of β-amino-alcohol motifs (C(OH)–C–C–N with tert-alkyl or cyclic N) is 1. The molecule has 3 amide bonds. The molecule has 3 atom stereocenters. The van der Waals surface area contributed by atoms with E-state index in [-0.39, 0.29) is 17.9 Å². The molecule has 0 saturated carbocycles. The van der Waals surface area contributed by atoms with Crippen LogP contribution >= 0.6 is 0 Å². The third-order valence-corrected chi connectivity index (χ3v) is 5.36. The smallest absolute Gasteiger partial charge is 0.324 e. The molecule has 0 spiro atoms. The summed E-state index contributed by atoms with van der Waals surface area (Å²) in [6, 6.07) is 9.27. The Balaban J connectivity index is 1.67. The molecule has 2 N–H and O–H groups in total. The highest BCUT2D eigenvalue weighted by molar-refractivity contribution is 6.06. The fraction of sp³-hybridized carbons (Fsp3) is 0.556. The van der Waals surface area contributed by atoms with Crippen LogP contribution in [0.4, 0.5) is 4.79 Å². The van der Waals surface area contributed by atoms with Crippen LogP contribution in [0.1, 0.15) is 31.4 Å². The van der Waals surface area contributed by atoms with Crippen LogP contribution in [0.15, 0.2) is 30.3 Å². The van der Waals surface area contributed by atoms with Gasteiger partial charge in [-0.05, 0) is 31.9 Å². The first kappa shape index (κ1) is 16.9. The van der Waals surface area contributed by atoms with Crippen LogP contribution in [0.25, 0.3) is 0 Å². The molecule has 130 valence electrons. The van der Waals surface area contributed by atoms with E-state index >= 15 is 0 Å². The average Bonchev–Trinajstić information content (AvgIpc) is 2.80. The average molecular weight is 331 g/mol. The van der Waals surface area contributed by atoms with Crippen LogP contribution in [-0.4, -0.2) is 59.1 Å². The number of rotatable bonds is 4. The lowest BCUT2D eigenvalue weighted by atomic mass is 9.80. The van der Waals surface area contributed by atoms with Crippen LogP contribution in [0.2, 0.25) is 0 Å². The van der Waals surface area contributed by atoms with E-state index < -0.39 is 11.6 Å². The van der Waals surface area contributed by atoms with Gasteiger partial charge in [0.1, 0.15) is 5.54 Å². The minimum atomic E-state index is -0.845. The highest BCUT2D eigenvalue weighted by Gasteiger charge is 2.51. The van der Waals surface area contributed by atoms with Gasteiger partial charge in [0, 0.05) is 26.1 Å². The molecule has 1 aromatic rings. The van der Waals surface area contributed by atoms with Crippen molar-refractivity contribution in [3.05, 3.63) is 35.9 Å². The largest absolute Gasteiger partial charge is 0.387 e. The number of hydrogen-bond acceptors (Lipinski definition) is 4. The van der Waals surface area contributed by atoms with Crippen molar-refractivity contribution in [2.24, 2.45) is 5.92 Å². The lowest BCUT2D eigenvalue weighted by Crippen LogP contribution is -2.56. The number of likely N-dealkylation sites (N-methyl/N-ethyl adjacent to an activating group) is 1. The maximum Gasteiger partial charge on any atom is 0.324 e. The number of nitrogens with zero attached hydrogens (tertiary/aromatic N) is 2. The minimum Gasteiger partial charge on any atom is -0.387 e. The molecule has 2 aliphatic rings. The zero-order chi connectivity index (χ0) is 17.3. The van der Waals surface area contributed by atoms with E-state index in [1.807, 2.05) is 37.3 Å². The van der Waals surface area contributed by atoms with E-state index in [4.69, 9.17) is 0 Å². The predicted molar refractivity (Wildman–Crippen MR) is 90.3 cm³/mol. The zero-order valence-corrected chi connectivity index (χ0v) is 14.2. The minimum absolute atomic E-state index is 0.0515. The number of likely N-dealkylation sites (tertiary alicyclic amines) is 1. The van der Waals surface area contributed by atoms with Gasteiger partial charge in [-0.25, -0.2) is 4.79 Å². The van der Waals surface area contributed by atoms with Crippen LogP contribution in [-0.2, 0) is 4.79 Å². The van der Waals surface area contributed by atoms with E-state index in [1.165, 1.54) is 7.05 Å². The van der Waals surface area contributed by atoms with Gasteiger partial charge < -0.3 is 15.3 Å². The second-order valence-electron chi connectivity index (χ2n) is 7.02. The molecule has 3 rings (SSSR count). The summed E-state index contributed by atoms with van der Waals surface area (Å²) in [7, 11) is 1.52. The van der Waals surface area contributed by atoms with E-state index in [0.29, 0.717) is 13.1 Å². The van der Waals surface area contributed by atoms with Gasteiger partial charge in [-0.3, -0.25) is 9.69 Å². The lowest BCUT2D eigenvalue weighted by molar-refractivity contribution is -0.132. The molecular formula is C18H25N3O3. The summed E-state index contributed by atoms with van der Waals surface area (Å²) >= 11 is 0. The molecular weight excluding hydrogens is 306 g/mol. The molecule has 2 heterocycles. The van der Waals surface area contributed by atoms with Crippen molar-refractivity contribution in [1.82, 2.24) is 15.1 Å². The predicted octanol–water partition coefficient (Wildman–Crippen LogP) is 1.37. The van der Waals surface area contributed by atoms with Gasteiger partial charge in [0.15, 0.2) is 0 Å². The van der Waals surface area contributed by atoms with Gasteiger partial charge in [-0.1, -0.05) is 30.3 Å². The molecule has 2 aliphatic heterocycles. The highest BCUT2D eigenvalue weighted by Crippen LogP contribution is 2.32. The second-order valence-corrected chi connectivity index (χ2v) is 7.02. The Morgan fingerprint density at radius 1 is 1.33 bits per heavy atom. The number of urea groups is 1.